The molecule has 0 N–H and O–H groups in total. The van der Waals surface area contributed by atoms with E-state index in [4.69, 9.17) is 0 Å². The van der Waals surface area contributed by atoms with Gasteiger partial charge in [0.25, 0.3) is 5.92 Å². The summed E-state index contributed by atoms with van der Waals surface area (Å²) in [5, 5.41) is 0. The van der Waals surface area contributed by atoms with E-state index in [1.54, 1.807) is 0 Å². The van der Waals surface area contributed by atoms with Gasteiger partial charge in [0.15, 0.2) is 6.67 Å². The van der Waals surface area contributed by atoms with Gasteiger partial charge in [-0.05, 0) is 0 Å². The fraction of sp³-hybridized carbons (Fsp3) is 0.667. The average molecular weight is 154 g/mol. The van der Waals surface area contributed by atoms with Gasteiger partial charge in [-0.2, -0.15) is 0 Å². The molecule has 0 radical (unpaired) electrons. The number of rotatable bonds is 5. The molecule has 0 bridgehead atoms. The maximum atomic E-state index is 12.0. The number of ether oxygens (including phenoxy) is 1. The molecule has 10 heavy (non-hydrogen) atoms. The van der Waals surface area contributed by atoms with Gasteiger partial charge < -0.3 is 4.74 Å². The van der Waals surface area contributed by atoms with Crippen LogP contribution in [0.5, 0.6) is 0 Å². The van der Waals surface area contributed by atoms with Crippen LogP contribution in [0.25, 0.3) is 0 Å². The van der Waals surface area contributed by atoms with Crippen molar-refractivity contribution in [3.05, 3.63) is 12.8 Å². The molecule has 0 aliphatic rings. The summed E-state index contributed by atoms with van der Waals surface area (Å²) in [4.78, 5) is 0. The first-order chi connectivity index (χ1) is 4.62. The number of hydrogen-bond acceptors (Lipinski definition) is 1. The summed E-state index contributed by atoms with van der Waals surface area (Å²) in [6.45, 7) is 1.32. The van der Waals surface area contributed by atoms with Crippen LogP contribution in [0.3, 0.4) is 0 Å². The monoisotopic (exact) mass is 154 g/mol. The Hall–Kier alpha value is -0.670. The van der Waals surface area contributed by atoms with Crippen molar-refractivity contribution in [2.24, 2.45) is 0 Å². The quantitative estimate of drug-likeness (QED) is 0.435. The van der Waals surface area contributed by atoms with Crippen molar-refractivity contribution in [2.45, 2.75) is 12.3 Å². The van der Waals surface area contributed by atoms with Crippen molar-refractivity contribution >= 4 is 0 Å². The van der Waals surface area contributed by atoms with Crippen LogP contribution < -0.4 is 0 Å². The molecule has 0 amide bonds. The molecule has 0 spiro atoms. The second kappa shape index (κ2) is 4.19. The van der Waals surface area contributed by atoms with E-state index in [1.165, 1.54) is 0 Å². The van der Waals surface area contributed by atoms with E-state index < -0.39 is 19.0 Å². The summed E-state index contributed by atoms with van der Waals surface area (Å²) >= 11 is 0. The van der Waals surface area contributed by atoms with Gasteiger partial charge in [0, 0.05) is 6.42 Å². The molecule has 60 valence electrons. The van der Waals surface area contributed by atoms with Crippen LogP contribution in [0.2, 0.25) is 0 Å². The predicted molar refractivity (Wildman–Crippen MR) is 31.7 cm³/mol. The minimum Gasteiger partial charge on any atom is -0.502 e. The summed E-state index contributed by atoms with van der Waals surface area (Å²) in [5.74, 6) is -3.25. The van der Waals surface area contributed by atoms with Gasteiger partial charge in [0.2, 0.25) is 0 Å². The zero-order valence-electron chi connectivity index (χ0n) is 5.45. The largest absolute Gasteiger partial charge is 0.502 e. The van der Waals surface area contributed by atoms with Crippen LogP contribution in [-0.4, -0.2) is 19.2 Å². The smallest absolute Gasteiger partial charge is 0.279 e. The third-order valence-corrected chi connectivity index (χ3v) is 0.899. The third-order valence-electron chi connectivity index (χ3n) is 0.899. The average Bonchev–Trinajstić information content (AvgIpc) is 1.89. The molecule has 1 nitrogen and oxygen atoms in total. The zero-order chi connectivity index (χ0) is 8.04. The predicted octanol–water partition coefficient (Wildman–Crippen LogP) is 2.14. The molecule has 0 rings (SSSR count). The van der Waals surface area contributed by atoms with E-state index >= 15 is 0 Å². The van der Waals surface area contributed by atoms with Crippen LogP contribution in [0, 0.1) is 0 Å². The van der Waals surface area contributed by atoms with Crippen molar-refractivity contribution in [3.63, 3.8) is 0 Å². The Bertz CT molecular complexity index is 103. The second-order valence-electron chi connectivity index (χ2n) is 1.78. The summed E-state index contributed by atoms with van der Waals surface area (Å²) in [6, 6.07) is 0. The Balaban J connectivity index is 3.36. The van der Waals surface area contributed by atoms with Gasteiger partial charge in [-0.1, -0.05) is 6.58 Å². The highest BCUT2D eigenvalue weighted by Gasteiger charge is 2.28. The summed E-state index contributed by atoms with van der Waals surface area (Å²) in [6.07, 6.45) is 0.448. The highest BCUT2D eigenvalue weighted by Crippen LogP contribution is 2.18. The lowest BCUT2D eigenvalue weighted by Crippen LogP contribution is -2.20. The first-order valence-corrected chi connectivity index (χ1v) is 2.78. The van der Waals surface area contributed by atoms with Crippen molar-refractivity contribution in [3.8, 4) is 0 Å². The van der Waals surface area contributed by atoms with Crippen LogP contribution in [0.4, 0.5) is 13.2 Å². The lowest BCUT2D eigenvalue weighted by atomic mass is 10.3. The van der Waals surface area contributed by atoms with Crippen molar-refractivity contribution < 1.29 is 17.9 Å². The minimum atomic E-state index is -3.25. The molecular formula is C6H9F3O. The molecule has 0 aromatic rings. The molecular weight excluding hydrogens is 145 g/mol. The Labute approximate surface area is 57.5 Å². The van der Waals surface area contributed by atoms with Crippen LogP contribution in [0.15, 0.2) is 12.8 Å². The maximum absolute atomic E-state index is 12.0. The van der Waals surface area contributed by atoms with Gasteiger partial charge in [-0.15, -0.1) is 0 Å². The van der Waals surface area contributed by atoms with Crippen LogP contribution in [-0.2, 0) is 4.74 Å². The molecule has 0 fully saturated rings. The summed E-state index contributed by atoms with van der Waals surface area (Å²) in [5.41, 5.74) is 0. The standard InChI is InChI=1S/C6H9F3O/c1-2-10-4-3-6(8,9)5-7/h2H,1,3-5H2. The SMILES string of the molecule is C=COCCC(F)(F)CF. The second-order valence-corrected chi connectivity index (χ2v) is 1.78. The lowest BCUT2D eigenvalue weighted by molar-refractivity contribution is -0.0425. The molecule has 0 unspecified atom stereocenters. The molecule has 0 aliphatic carbocycles. The number of alkyl halides is 3. The molecule has 0 aliphatic heterocycles. The molecule has 0 heterocycles. The first-order valence-electron chi connectivity index (χ1n) is 2.78. The maximum Gasteiger partial charge on any atom is 0.279 e. The number of hydrogen-bond donors (Lipinski definition) is 0. The Morgan fingerprint density at radius 2 is 2.10 bits per heavy atom. The Kier molecular flexibility index (Phi) is 3.91. The lowest BCUT2D eigenvalue weighted by Gasteiger charge is -2.10. The van der Waals surface area contributed by atoms with Crippen LogP contribution >= 0.6 is 0 Å². The molecule has 0 saturated heterocycles. The Morgan fingerprint density at radius 1 is 1.50 bits per heavy atom. The van der Waals surface area contributed by atoms with Crippen molar-refractivity contribution in [2.75, 3.05) is 13.3 Å². The number of halogens is 3. The fourth-order valence-electron chi connectivity index (χ4n) is 0.358. The molecule has 0 atom stereocenters. The van der Waals surface area contributed by atoms with Crippen molar-refractivity contribution in [1.29, 1.82) is 0 Å². The normalized spacial score (nSPS) is 11.1. The van der Waals surface area contributed by atoms with Gasteiger partial charge in [-0.3, -0.25) is 0 Å². The van der Waals surface area contributed by atoms with Gasteiger partial charge in [-0.25, -0.2) is 13.2 Å². The van der Waals surface area contributed by atoms with Gasteiger partial charge in [0.05, 0.1) is 12.9 Å². The highest BCUT2D eigenvalue weighted by molar-refractivity contribution is 4.64. The topological polar surface area (TPSA) is 9.23 Å². The van der Waals surface area contributed by atoms with Gasteiger partial charge in [0.1, 0.15) is 0 Å². The van der Waals surface area contributed by atoms with E-state index in [0.717, 1.165) is 6.26 Å². The van der Waals surface area contributed by atoms with Crippen molar-refractivity contribution in [1.82, 2.24) is 0 Å². The Morgan fingerprint density at radius 3 is 2.50 bits per heavy atom. The fourth-order valence-corrected chi connectivity index (χ4v) is 0.358. The molecule has 4 heteroatoms. The highest BCUT2D eigenvalue weighted by atomic mass is 19.3. The van der Waals surface area contributed by atoms with E-state index in [1.807, 2.05) is 0 Å². The van der Waals surface area contributed by atoms with E-state index in [0.29, 0.717) is 0 Å². The van der Waals surface area contributed by atoms with E-state index in [-0.39, 0.29) is 6.61 Å². The van der Waals surface area contributed by atoms with Crippen LogP contribution in [0.1, 0.15) is 6.42 Å². The van der Waals surface area contributed by atoms with E-state index in [2.05, 4.69) is 11.3 Å². The zero-order valence-corrected chi connectivity index (χ0v) is 5.45. The molecule has 0 aromatic carbocycles. The third kappa shape index (κ3) is 4.23. The minimum absolute atomic E-state index is 0.194. The molecule has 0 aromatic heterocycles. The van der Waals surface area contributed by atoms with Gasteiger partial charge >= 0.3 is 0 Å². The molecule has 0 saturated carbocycles. The summed E-state index contributed by atoms with van der Waals surface area (Å²) in [7, 11) is 0. The summed E-state index contributed by atoms with van der Waals surface area (Å²) < 4.78 is 39.7. The van der Waals surface area contributed by atoms with E-state index in [9.17, 15) is 13.2 Å². The first kappa shape index (κ1) is 9.33.